The van der Waals surface area contributed by atoms with Crippen molar-refractivity contribution in [3.05, 3.63) is 41.0 Å². The van der Waals surface area contributed by atoms with Gasteiger partial charge in [0.15, 0.2) is 0 Å². The quantitative estimate of drug-likeness (QED) is 0.769. The van der Waals surface area contributed by atoms with Gasteiger partial charge in [-0.05, 0) is 12.1 Å². The maximum absolute atomic E-state index is 11.9. The standard InChI is InChI=1S/C12H11ClN2O2/c1-15(17-2)12(16)11-7-9(13)8-5-3-4-6-10(8)14-11/h3-7H,1-2H3. The van der Waals surface area contributed by atoms with Crippen molar-refractivity contribution in [2.45, 2.75) is 0 Å². The lowest BCUT2D eigenvalue weighted by Gasteiger charge is -2.13. The van der Waals surface area contributed by atoms with E-state index < -0.39 is 0 Å². The van der Waals surface area contributed by atoms with Crippen molar-refractivity contribution < 1.29 is 9.63 Å². The average Bonchev–Trinajstić information content (AvgIpc) is 2.37. The van der Waals surface area contributed by atoms with Crippen molar-refractivity contribution >= 4 is 28.4 Å². The molecule has 0 saturated carbocycles. The van der Waals surface area contributed by atoms with Gasteiger partial charge in [-0.25, -0.2) is 10.0 Å². The normalized spacial score (nSPS) is 10.5. The van der Waals surface area contributed by atoms with Crippen molar-refractivity contribution in [2.75, 3.05) is 14.2 Å². The summed E-state index contributed by atoms with van der Waals surface area (Å²) in [6.45, 7) is 0. The predicted molar refractivity (Wildman–Crippen MR) is 65.9 cm³/mol. The molecule has 1 amide bonds. The molecule has 1 aromatic carbocycles. The summed E-state index contributed by atoms with van der Waals surface area (Å²) in [6, 6.07) is 8.93. The fraction of sp³-hybridized carbons (Fsp3) is 0.167. The SMILES string of the molecule is CON(C)C(=O)c1cc(Cl)c2ccccc2n1. The van der Waals surface area contributed by atoms with Crippen LogP contribution >= 0.6 is 11.6 Å². The van der Waals surface area contributed by atoms with Crippen LogP contribution in [0.15, 0.2) is 30.3 Å². The van der Waals surface area contributed by atoms with Gasteiger partial charge >= 0.3 is 0 Å². The Hall–Kier alpha value is -1.65. The molecule has 0 N–H and O–H groups in total. The number of rotatable bonds is 2. The third-order valence-electron chi connectivity index (χ3n) is 2.44. The zero-order valence-electron chi connectivity index (χ0n) is 9.48. The lowest BCUT2D eigenvalue weighted by atomic mass is 10.2. The average molecular weight is 251 g/mol. The van der Waals surface area contributed by atoms with E-state index in [9.17, 15) is 4.79 Å². The van der Waals surface area contributed by atoms with Crippen LogP contribution < -0.4 is 0 Å². The van der Waals surface area contributed by atoms with Crippen LogP contribution in [0.1, 0.15) is 10.5 Å². The number of hydrogen-bond acceptors (Lipinski definition) is 3. The molecule has 0 saturated heterocycles. The minimum atomic E-state index is -0.333. The molecule has 88 valence electrons. The molecule has 0 atom stereocenters. The first kappa shape index (κ1) is 11.8. The van der Waals surface area contributed by atoms with Crippen LogP contribution in [0.3, 0.4) is 0 Å². The van der Waals surface area contributed by atoms with Gasteiger partial charge in [0.25, 0.3) is 5.91 Å². The smallest absolute Gasteiger partial charge is 0.274 e. The summed E-state index contributed by atoms with van der Waals surface area (Å²) in [5.41, 5.74) is 0.950. The molecule has 0 radical (unpaired) electrons. The van der Waals surface area contributed by atoms with E-state index in [2.05, 4.69) is 4.98 Å². The van der Waals surface area contributed by atoms with Crippen molar-refractivity contribution in [3.63, 3.8) is 0 Å². The van der Waals surface area contributed by atoms with Crippen molar-refractivity contribution in [2.24, 2.45) is 0 Å². The second kappa shape index (κ2) is 4.69. The molecule has 0 bridgehead atoms. The minimum Gasteiger partial charge on any atom is -0.274 e. The van der Waals surface area contributed by atoms with Gasteiger partial charge in [-0.2, -0.15) is 0 Å². The Morgan fingerprint density at radius 1 is 1.41 bits per heavy atom. The van der Waals surface area contributed by atoms with E-state index in [1.807, 2.05) is 24.3 Å². The Bertz CT molecular complexity index is 571. The maximum atomic E-state index is 11.9. The first-order valence-corrected chi connectivity index (χ1v) is 5.38. The van der Waals surface area contributed by atoms with Gasteiger partial charge in [-0.15, -0.1) is 0 Å². The Morgan fingerprint density at radius 3 is 2.82 bits per heavy atom. The summed E-state index contributed by atoms with van der Waals surface area (Å²) >= 11 is 6.10. The van der Waals surface area contributed by atoms with Crippen LogP contribution in [0.4, 0.5) is 0 Å². The monoisotopic (exact) mass is 250 g/mol. The van der Waals surface area contributed by atoms with Crippen LogP contribution in [-0.2, 0) is 4.84 Å². The van der Waals surface area contributed by atoms with E-state index in [-0.39, 0.29) is 11.6 Å². The zero-order chi connectivity index (χ0) is 12.4. The Labute approximate surface area is 104 Å². The van der Waals surface area contributed by atoms with E-state index in [1.54, 1.807) is 6.07 Å². The molecule has 0 spiro atoms. The van der Waals surface area contributed by atoms with Crippen LogP contribution in [0, 0.1) is 0 Å². The molecule has 2 rings (SSSR count). The first-order valence-electron chi connectivity index (χ1n) is 5.01. The van der Waals surface area contributed by atoms with Gasteiger partial charge in [-0.3, -0.25) is 9.63 Å². The number of benzene rings is 1. The highest BCUT2D eigenvalue weighted by Crippen LogP contribution is 2.23. The summed E-state index contributed by atoms with van der Waals surface area (Å²) in [4.78, 5) is 20.9. The van der Waals surface area contributed by atoms with E-state index in [0.29, 0.717) is 10.5 Å². The van der Waals surface area contributed by atoms with E-state index >= 15 is 0 Å². The van der Waals surface area contributed by atoms with Crippen LogP contribution in [0.2, 0.25) is 5.02 Å². The predicted octanol–water partition coefficient (Wildman–Crippen LogP) is 2.52. The van der Waals surface area contributed by atoms with Crippen LogP contribution in [0.5, 0.6) is 0 Å². The summed E-state index contributed by atoms with van der Waals surface area (Å²) in [7, 11) is 2.94. The summed E-state index contributed by atoms with van der Waals surface area (Å²) < 4.78 is 0. The number of fused-ring (bicyclic) bond motifs is 1. The number of aromatic nitrogens is 1. The molecule has 17 heavy (non-hydrogen) atoms. The summed E-state index contributed by atoms with van der Waals surface area (Å²) in [6.07, 6.45) is 0. The minimum absolute atomic E-state index is 0.262. The highest BCUT2D eigenvalue weighted by atomic mass is 35.5. The van der Waals surface area contributed by atoms with Gasteiger partial charge in [0.1, 0.15) is 5.69 Å². The number of hydroxylamine groups is 2. The molecule has 2 aromatic rings. The van der Waals surface area contributed by atoms with Gasteiger partial charge in [0.2, 0.25) is 0 Å². The third-order valence-corrected chi connectivity index (χ3v) is 2.76. The highest BCUT2D eigenvalue weighted by molar-refractivity contribution is 6.35. The van der Waals surface area contributed by atoms with Crippen LogP contribution in [0.25, 0.3) is 10.9 Å². The van der Waals surface area contributed by atoms with Crippen molar-refractivity contribution in [1.82, 2.24) is 10.0 Å². The van der Waals surface area contributed by atoms with Gasteiger partial charge in [0.05, 0.1) is 17.6 Å². The summed E-state index contributed by atoms with van der Waals surface area (Å²) in [5.74, 6) is -0.333. The largest absolute Gasteiger partial charge is 0.295 e. The lowest BCUT2D eigenvalue weighted by Crippen LogP contribution is -2.26. The van der Waals surface area contributed by atoms with Gasteiger partial charge < -0.3 is 0 Å². The number of nitrogens with zero attached hydrogens (tertiary/aromatic N) is 2. The molecule has 0 aliphatic carbocycles. The third kappa shape index (κ3) is 2.23. The Balaban J connectivity index is 2.54. The molecule has 5 heteroatoms. The number of carbonyl (C=O) groups is 1. The second-order valence-electron chi connectivity index (χ2n) is 3.49. The number of carbonyl (C=O) groups excluding carboxylic acids is 1. The molecular weight excluding hydrogens is 240 g/mol. The molecule has 0 unspecified atom stereocenters. The van der Waals surface area contributed by atoms with E-state index in [4.69, 9.17) is 16.4 Å². The zero-order valence-corrected chi connectivity index (χ0v) is 10.2. The van der Waals surface area contributed by atoms with Crippen molar-refractivity contribution in [1.29, 1.82) is 0 Å². The van der Waals surface area contributed by atoms with Crippen molar-refractivity contribution in [3.8, 4) is 0 Å². The lowest BCUT2D eigenvalue weighted by molar-refractivity contribution is -0.0760. The maximum Gasteiger partial charge on any atom is 0.295 e. The van der Waals surface area contributed by atoms with Gasteiger partial charge in [-0.1, -0.05) is 29.8 Å². The number of amides is 1. The number of halogens is 1. The fourth-order valence-corrected chi connectivity index (χ4v) is 1.75. The fourth-order valence-electron chi connectivity index (χ4n) is 1.49. The number of hydrogen-bond donors (Lipinski definition) is 0. The Morgan fingerprint density at radius 2 is 2.12 bits per heavy atom. The van der Waals surface area contributed by atoms with E-state index in [1.165, 1.54) is 14.2 Å². The highest BCUT2D eigenvalue weighted by Gasteiger charge is 2.15. The number of para-hydroxylation sites is 1. The second-order valence-corrected chi connectivity index (χ2v) is 3.90. The molecule has 0 aliphatic rings. The molecule has 0 aliphatic heterocycles. The molecular formula is C12H11ClN2O2. The Kier molecular flexibility index (Phi) is 3.26. The molecule has 1 aromatic heterocycles. The topological polar surface area (TPSA) is 42.4 Å². The van der Waals surface area contributed by atoms with E-state index in [0.717, 1.165) is 10.4 Å². The number of pyridine rings is 1. The first-order chi connectivity index (χ1) is 8.13. The molecule has 1 heterocycles. The van der Waals surface area contributed by atoms with Gasteiger partial charge in [0, 0.05) is 12.4 Å². The van der Waals surface area contributed by atoms with Crippen LogP contribution in [-0.4, -0.2) is 30.1 Å². The molecule has 0 fully saturated rings. The summed E-state index contributed by atoms with van der Waals surface area (Å²) in [5, 5.41) is 2.43. The molecule has 4 nitrogen and oxygen atoms in total.